The number of halogens is 1. The molecule has 7 nitrogen and oxygen atoms in total. The molecular formula is C20H21ClN4O3. The molecule has 146 valence electrons. The Labute approximate surface area is 167 Å². The molecule has 1 aliphatic rings. The summed E-state index contributed by atoms with van der Waals surface area (Å²) in [5, 5.41) is 3.49. The number of carbonyl (C=O) groups is 1. The molecule has 28 heavy (non-hydrogen) atoms. The Morgan fingerprint density at radius 3 is 2.57 bits per heavy atom. The first-order valence-electron chi connectivity index (χ1n) is 9.11. The van der Waals surface area contributed by atoms with E-state index >= 15 is 0 Å². The van der Waals surface area contributed by atoms with Crippen LogP contribution in [0.5, 0.6) is 0 Å². The highest BCUT2D eigenvalue weighted by Gasteiger charge is 2.20. The van der Waals surface area contributed by atoms with Crippen molar-refractivity contribution < 1.29 is 9.53 Å². The summed E-state index contributed by atoms with van der Waals surface area (Å²) in [4.78, 5) is 27.4. The number of hydrogen-bond acceptors (Lipinski definition) is 4. The predicted molar refractivity (Wildman–Crippen MR) is 110 cm³/mol. The molecule has 0 unspecified atom stereocenters. The van der Waals surface area contributed by atoms with Crippen molar-refractivity contribution in [3.63, 3.8) is 0 Å². The Morgan fingerprint density at radius 1 is 1.11 bits per heavy atom. The molecule has 1 aromatic heterocycles. The van der Waals surface area contributed by atoms with Crippen LogP contribution in [-0.2, 0) is 23.1 Å². The summed E-state index contributed by atoms with van der Waals surface area (Å²) in [7, 11) is 1.70. The maximum atomic E-state index is 12.8. The number of hydrogen-bond donors (Lipinski definition) is 1. The van der Waals surface area contributed by atoms with Gasteiger partial charge in [-0.2, -0.15) is 0 Å². The standard InChI is InChI=1S/C20H21ClN4O3/c1-23-16-7-2-3-8-17(16)25(20(23)27)13-18(26)22-15-6-4-5-14(21)19(15)24-9-11-28-12-10-24/h2-8H,9-13H2,1H3,(H,22,26). The van der Waals surface area contributed by atoms with Crippen molar-refractivity contribution in [2.24, 2.45) is 7.05 Å². The quantitative estimate of drug-likeness (QED) is 0.730. The molecule has 1 N–H and O–H groups in total. The second kappa shape index (κ2) is 7.69. The summed E-state index contributed by atoms with van der Waals surface area (Å²) in [5.41, 5.74) is 2.70. The third-order valence-electron chi connectivity index (χ3n) is 4.94. The average molecular weight is 401 g/mol. The second-order valence-corrected chi connectivity index (χ2v) is 7.11. The molecule has 1 amide bonds. The van der Waals surface area contributed by atoms with E-state index in [1.54, 1.807) is 23.7 Å². The molecule has 8 heteroatoms. The van der Waals surface area contributed by atoms with E-state index in [9.17, 15) is 9.59 Å². The van der Waals surface area contributed by atoms with Gasteiger partial charge in [0, 0.05) is 20.1 Å². The molecule has 0 bridgehead atoms. The van der Waals surface area contributed by atoms with Crippen LogP contribution >= 0.6 is 11.6 Å². The van der Waals surface area contributed by atoms with Crippen molar-refractivity contribution in [3.8, 4) is 0 Å². The number of aryl methyl sites for hydroxylation is 1. The van der Waals surface area contributed by atoms with Crippen LogP contribution < -0.4 is 15.9 Å². The highest BCUT2D eigenvalue weighted by atomic mass is 35.5. The summed E-state index contributed by atoms with van der Waals surface area (Å²) >= 11 is 6.42. The minimum absolute atomic E-state index is 0.0742. The fourth-order valence-electron chi connectivity index (χ4n) is 3.57. The molecule has 1 saturated heterocycles. The summed E-state index contributed by atoms with van der Waals surface area (Å²) in [6.45, 7) is 2.56. The van der Waals surface area contributed by atoms with Gasteiger partial charge in [-0.3, -0.25) is 13.9 Å². The van der Waals surface area contributed by atoms with Crippen molar-refractivity contribution in [2.75, 3.05) is 36.5 Å². The van der Waals surface area contributed by atoms with Gasteiger partial charge in [-0.15, -0.1) is 0 Å². The third kappa shape index (κ3) is 3.39. The highest BCUT2D eigenvalue weighted by molar-refractivity contribution is 6.34. The molecule has 1 fully saturated rings. The van der Waals surface area contributed by atoms with Crippen LogP contribution in [-0.4, -0.2) is 41.3 Å². The molecular weight excluding hydrogens is 380 g/mol. The summed E-state index contributed by atoms with van der Waals surface area (Å²) in [6.07, 6.45) is 0. The Morgan fingerprint density at radius 2 is 1.82 bits per heavy atom. The third-order valence-corrected chi connectivity index (χ3v) is 5.25. The van der Waals surface area contributed by atoms with Crippen molar-refractivity contribution in [1.29, 1.82) is 0 Å². The largest absolute Gasteiger partial charge is 0.378 e. The van der Waals surface area contributed by atoms with E-state index < -0.39 is 0 Å². The Kier molecular flexibility index (Phi) is 5.11. The van der Waals surface area contributed by atoms with E-state index in [0.29, 0.717) is 37.0 Å². The van der Waals surface area contributed by atoms with Gasteiger partial charge in [0.2, 0.25) is 5.91 Å². The fourth-order valence-corrected chi connectivity index (χ4v) is 3.87. The van der Waals surface area contributed by atoms with Gasteiger partial charge >= 0.3 is 5.69 Å². The van der Waals surface area contributed by atoms with Crippen LogP contribution in [0.1, 0.15) is 0 Å². The van der Waals surface area contributed by atoms with Crippen LogP contribution in [0.2, 0.25) is 5.02 Å². The van der Waals surface area contributed by atoms with Crippen LogP contribution in [0.15, 0.2) is 47.3 Å². The van der Waals surface area contributed by atoms with E-state index in [4.69, 9.17) is 16.3 Å². The van der Waals surface area contributed by atoms with Gasteiger partial charge in [-0.05, 0) is 24.3 Å². The highest BCUT2D eigenvalue weighted by Crippen LogP contribution is 2.34. The summed E-state index contributed by atoms with van der Waals surface area (Å²) < 4.78 is 8.42. The predicted octanol–water partition coefficient (Wildman–Crippen LogP) is 2.47. The Hall–Kier alpha value is -2.77. The van der Waals surface area contributed by atoms with Gasteiger partial charge in [-0.25, -0.2) is 4.79 Å². The molecule has 0 saturated carbocycles. The maximum Gasteiger partial charge on any atom is 0.329 e. The lowest BCUT2D eigenvalue weighted by molar-refractivity contribution is -0.116. The molecule has 0 aliphatic carbocycles. The molecule has 4 rings (SSSR count). The first-order chi connectivity index (χ1) is 13.6. The van der Waals surface area contributed by atoms with Crippen molar-refractivity contribution in [2.45, 2.75) is 6.54 Å². The number of morpholine rings is 1. The van der Waals surface area contributed by atoms with Crippen molar-refractivity contribution in [3.05, 3.63) is 58.0 Å². The number of aromatic nitrogens is 2. The van der Waals surface area contributed by atoms with Gasteiger partial charge in [0.25, 0.3) is 0 Å². The number of ether oxygens (including phenoxy) is 1. The Balaban J connectivity index is 1.61. The van der Waals surface area contributed by atoms with Crippen LogP contribution in [0, 0.1) is 0 Å². The number of para-hydroxylation sites is 3. The van der Waals surface area contributed by atoms with Crippen LogP contribution in [0.3, 0.4) is 0 Å². The smallest absolute Gasteiger partial charge is 0.329 e. The van der Waals surface area contributed by atoms with E-state index in [2.05, 4.69) is 10.2 Å². The van der Waals surface area contributed by atoms with Gasteiger partial charge < -0.3 is 15.0 Å². The zero-order valence-corrected chi connectivity index (χ0v) is 16.3. The number of benzene rings is 2. The molecule has 2 aromatic carbocycles. The molecule has 0 spiro atoms. The zero-order chi connectivity index (χ0) is 19.7. The van der Waals surface area contributed by atoms with Crippen molar-refractivity contribution in [1.82, 2.24) is 9.13 Å². The number of imidazole rings is 1. The van der Waals surface area contributed by atoms with Gasteiger partial charge in [0.15, 0.2) is 0 Å². The fraction of sp³-hybridized carbons (Fsp3) is 0.300. The molecule has 2 heterocycles. The van der Waals surface area contributed by atoms with E-state index in [1.165, 1.54) is 4.57 Å². The average Bonchev–Trinajstić information content (AvgIpc) is 2.94. The first kappa shape index (κ1) is 18.6. The number of nitrogens with one attached hydrogen (secondary N) is 1. The normalized spacial score (nSPS) is 14.4. The number of fused-ring (bicyclic) bond motifs is 1. The number of carbonyl (C=O) groups excluding carboxylic acids is 1. The minimum atomic E-state index is -0.282. The molecule has 0 atom stereocenters. The molecule has 3 aromatic rings. The number of amides is 1. The lowest BCUT2D eigenvalue weighted by Crippen LogP contribution is -2.37. The molecule has 1 aliphatic heterocycles. The SMILES string of the molecule is Cn1c(=O)n(CC(=O)Nc2cccc(Cl)c2N2CCOCC2)c2ccccc21. The minimum Gasteiger partial charge on any atom is -0.378 e. The van der Waals surface area contributed by atoms with Crippen LogP contribution in [0.4, 0.5) is 11.4 Å². The second-order valence-electron chi connectivity index (χ2n) is 6.70. The maximum absolute atomic E-state index is 12.8. The number of nitrogens with zero attached hydrogens (tertiary/aromatic N) is 3. The molecule has 0 radical (unpaired) electrons. The first-order valence-corrected chi connectivity index (χ1v) is 9.49. The van der Waals surface area contributed by atoms with Gasteiger partial charge in [0.1, 0.15) is 6.54 Å². The van der Waals surface area contributed by atoms with Crippen molar-refractivity contribution >= 4 is 39.9 Å². The number of rotatable bonds is 4. The Bertz CT molecular complexity index is 1080. The monoisotopic (exact) mass is 400 g/mol. The summed E-state index contributed by atoms with van der Waals surface area (Å²) in [5.74, 6) is -0.282. The van der Waals surface area contributed by atoms with E-state index in [0.717, 1.165) is 16.7 Å². The number of anilines is 2. The summed E-state index contributed by atoms with van der Waals surface area (Å²) in [6, 6.07) is 12.8. The zero-order valence-electron chi connectivity index (χ0n) is 15.5. The van der Waals surface area contributed by atoms with Crippen LogP contribution in [0.25, 0.3) is 11.0 Å². The van der Waals surface area contributed by atoms with Gasteiger partial charge in [-0.1, -0.05) is 29.8 Å². The van der Waals surface area contributed by atoms with Gasteiger partial charge in [0.05, 0.1) is 40.6 Å². The van der Waals surface area contributed by atoms with E-state index in [-0.39, 0.29) is 18.1 Å². The topological polar surface area (TPSA) is 68.5 Å². The lowest BCUT2D eigenvalue weighted by Gasteiger charge is -2.31. The van der Waals surface area contributed by atoms with E-state index in [1.807, 2.05) is 30.3 Å². The lowest BCUT2D eigenvalue weighted by atomic mass is 10.2.